The lowest BCUT2D eigenvalue weighted by Gasteiger charge is -2.13. The van der Waals surface area contributed by atoms with E-state index in [2.05, 4.69) is 4.72 Å². The number of hydrogen-bond donors (Lipinski definition) is 1. The zero-order valence-electron chi connectivity index (χ0n) is 13.3. The van der Waals surface area contributed by atoms with Crippen molar-refractivity contribution in [2.24, 2.45) is 0 Å². The van der Waals surface area contributed by atoms with Crippen LogP contribution in [-0.2, 0) is 19.5 Å². The van der Waals surface area contributed by atoms with Gasteiger partial charge in [0.2, 0.25) is 10.0 Å². The molecule has 0 aromatic heterocycles. The van der Waals surface area contributed by atoms with Crippen LogP contribution in [0, 0.1) is 0 Å². The monoisotopic (exact) mass is 373 g/mol. The van der Waals surface area contributed by atoms with Crippen molar-refractivity contribution in [3.05, 3.63) is 40.9 Å². The molecule has 1 heterocycles. The molecule has 2 rings (SSSR count). The highest BCUT2D eigenvalue weighted by molar-refractivity contribution is 7.89. The van der Waals surface area contributed by atoms with Crippen LogP contribution in [0.25, 0.3) is 0 Å². The van der Waals surface area contributed by atoms with E-state index >= 15 is 0 Å². The Hall–Kier alpha value is -1.41. The minimum absolute atomic E-state index is 0.0415. The summed E-state index contributed by atoms with van der Waals surface area (Å²) in [4.78, 5) is 11.8. The molecule has 1 fully saturated rings. The first-order valence-corrected chi connectivity index (χ1v) is 9.49. The molecule has 1 atom stereocenters. The number of nitrogens with one attached hydrogen (secondary N) is 1. The third-order valence-corrected chi connectivity index (χ3v) is 5.43. The van der Waals surface area contributed by atoms with Crippen molar-refractivity contribution < 1.29 is 22.7 Å². The fourth-order valence-electron chi connectivity index (χ4n) is 2.23. The minimum Gasteiger partial charge on any atom is -0.458 e. The topological polar surface area (TPSA) is 81.7 Å². The molecule has 6 nitrogen and oxygen atoms in total. The van der Waals surface area contributed by atoms with Gasteiger partial charge in [0.1, 0.15) is 11.5 Å². The minimum atomic E-state index is -3.84. The summed E-state index contributed by atoms with van der Waals surface area (Å²) in [5, 5.41) is 0.0415. The first-order valence-electron chi connectivity index (χ1n) is 7.63. The number of ether oxygens (including phenoxy) is 2. The number of carbonyl (C=O) groups is 1. The number of rotatable bonds is 7. The maximum atomic E-state index is 12.4. The second-order valence-electron chi connectivity index (χ2n) is 5.30. The lowest BCUT2D eigenvalue weighted by molar-refractivity contribution is 0.0549. The van der Waals surface area contributed by atoms with E-state index in [4.69, 9.17) is 21.1 Å². The van der Waals surface area contributed by atoms with Gasteiger partial charge in [0.25, 0.3) is 0 Å². The molecule has 8 heteroatoms. The smallest absolute Gasteiger partial charge is 0.338 e. The summed E-state index contributed by atoms with van der Waals surface area (Å²) < 4.78 is 37.7. The van der Waals surface area contributed by atoms with E-state index in [0.717, 1.165) is 12.8 Å². The van der Waals surface area contributed by atoms with Gasteiger partial charge in [-0.2, -0.15) is 0 Å². The summed E-state index contributed by atoms with van der Waals surface area (Å²) in [6, 6.07) is 4.02. The number of allylic oxidation sites excluding steroid dienone is 1. The van der Waals surface area contributed by atoms with Crippen LogP contribution < -0.4 is 4.72 Å². The van der Waals surface area contributed by atoms with Gasteiger partial charge in [-0.15, -0.1) is 0 Å². The lowest BCUT2D eigenvalue weighted by Crippen LogP contribution is -2.32. The Labute approximate surface area is 146 Å². The molecular weight excluding hydrogens is 354 g/mol. The molecule has 1 N–H and O–H groups in total. The van der Waals surface area contributed by atoms with Gasteiger partial charge in [0.05, 0.1) is 16.7 Å². The summed E-state index contributed by atoms with van der Waals surface area (Å²) in [6.07, 6.45) is 5.02. The molecule has 0 amide bonds. The van der Waals surface area contributed by atoms with E-state index in [1.54, 1.807) is 19.1 Å². The standard InChI is InChI=1S/C16H20ClNO5S/c1-2-3-8-23-16(19)12-6-7-14(17)15(10-12)24(20,21)18-11-13-5-4-9-22-13/h2-3,6-7,10,13,18H,4-5,8-9,11H2,1H3/b3-2+. The molecule has 1 aromatic rings. The van der Waals surface area contributed by atoms with Crippen LogP contribution in [0.3, 0.4) is 0 Å². The molecule has 1 aromatic carbocycles. The van der Waals surface area contributed by atoms with E-state index in [9.17, 15) is 13.2 Å². The predicted molar refractivity (Wildman–Crippen MR) is 90.7 cm³/mol. The molecule has 132 valence electrons. The van der Waals surface area contributed by atoms with Crippen molar-refractivity contribution in [3.8, 4) is 0 Å². The summed E-state index contributed by atoms with van der Waals surface area (Å²) in [5.74, 6) is -0.611. The molecule has 1 unspecified atom stereocenters. The van der Waals surface area contributed by atoms with Crippen LogP contribution in [0.2, 0.25) is 5.02 Å². The third-order valence-electron chi connectivity index (χ3n) is 3.53. The molecule has 0 radical (unpaired) electrons. The Balaban J connectivity index is 2.12. The first kappa shape index (κ1) is 18.9. The van der Waals surface area contributed by atoms with Crippen molar-refractivity contribution in [3.63, 3.8) is 0 Å². The third kappa shape index (κ3) is 5.04. The van der Waals surface area contributed by atoms with Gasteiger partial charge in [-0.1, -0.05) is 23.8 Å². The molecule has 1 aliphatic heterocycles. The highest BCUT2D eigenvalue weighted by atomic mass is 35.5. The Kier molecular flexibility index (Phi) is 6.79. The molecule has 0 aliphatic carbocycles. The Morgan fingerprint density at radius 1 is 1.50 bits per heavy atom. The molecule has 0 saturated carbocycles. The molecule has 0 spiro atoms. The second kappa shape index (κ2) is 8.62. The molecule has 1 aliphatic rings. The number of carbonyl (C=O) groups excluding carboxylic acids is 1. The number of sulfonamides is 1. The second-order valence-corrected chi connectivity index (χ2v) is 7.44. The average molecular weight is 374 g/mol. The van der Waals surface area contributed by atoms with Crippen molar-refractivity contribution in [2.75, 3.05) is 19.8 Å². The van der Waals surface area contributed by atoms with Gasteiger partial charge in [0, 0.05) is 13.2 Å². The Bertz CT molecular complexity index is 711. The van der Waals surface area contributed by atoms with Crippen LogP contribution >= 0.6 is 11.6 Å². The van der Waals surface area contributed by atoms with Crippen molar-refractivity contribution in [2.45, 2.75) is 30.8 Å². The number of halogens is 1. The lowest BCUT2D eigenvalue weighted by atomic mass is 10.2. The highest BCUT2D eigenvalue weighted by Gasteiger charge is 2.23. The predicted octanol–water partition coefficient (Wildman–Crippen LogP) is 2.53. The fourth-order valence-corrected chi connectivity index (χ4v) is 3.82. The van der Waals surface area contributed by atoms with Gasteiger partial charge < -0.3 is 9.47 Å². The zero-order valence-corrected chi connectivity index (χ0v) is 14.9. The summed E-state index contributed by atoms with van der Waals surface area (Å²) >= 11 is 5.99. The van der Waals surface area contributed by atoms with Crippen LogP contribution in [0.4, 0.5) is 0 Å². The van der Waals surface area contributed by atoms with Crippen LogP contribution in [0.1, 0.15) is 30.1 Å². The van der Waals surface area contributed by atoms with E-state index < -0.39 is 16.0 Å². The van der Waals surface area contributed by atoms with E-state index in [-0.39, 0.29) is 34.7 Å². The van der Waals surface area contributed by atoms with Gasteiger partial charge in [-0.05, 0) is 38.0 Å². The summed E-state index contributed by atoms with van der Waals surface area (Å²) in [5.41, 5.74) is 0.126. The Morgan fingerprint density at radius 2 is 2.29 bits per heavy atom. The quantitative estimate of drug-likeness (QED) is 0.586. The first-order chi connectivity index (χ1) is 11.4. The molecular formula is C16H20ClNO5S. The van der Waals surface area contributed by atoms with E-state index in [0.29, 0.717) is 6.61 Å². The highest BCUT2D eigenvalue weighted by Crippen LogP contribution is 2.23. The SMILES string of the molecule is C/C=C/COC(=O)c1ccc(Cl)c(S(=O)(=O)NCC2CCCO2)c1. The number of hydrogen-bond acceptors (Lipinski definition) is 5. The van der Waals surface area contributed by atoms with E-state index in [1.165, 1.54) is 18.2 Å². The zero-order chi connectivity index (χ0) is 17.6. The van der Waals surface area contributed by atoms with Gasteiger partial charge in [0.15, 0.2) is 0 Å². The maximum Gasteiger partial charge on any atom is 0.338 e. The Morgan fingerprint density at radius 3 is 2.96 bits per heavy atom. The van der Waals surface area contributed by atoms with E-state index in [1.807, 2.05) is 0 Å². The maximum absolute atomic E-state index is 12.4. The van der Waals surface area contributed by atoms with Gasteiger partial charge >= 0.3 is 5.97 Å². The largest absolute Gasteiger partial charge is 0.458 e. The average Bonchev–Trinajstić information content (AvgIpc) is 3.07. The summed E-state index contributed by atoms with van der Waals surface area (Å²) in [6.45, 7) is 2.74. The molecule has 24 heavy (non-hydrogen) atoms. The van der Waals surface area contributed by atoms with Crippen molar-refractivity contribution in [1.82, 2.24) is 4.72 Å². The van der Waals surface area contributed by atoms with Crippen molar-refractivity contribution >= 4 is 27.6 Å². The van der Waals surface area contributed by atoms with Crippen LogP contribution in [0.5, 0.6) is 0 Å². The van der Waals surface area contributed by atoms with Gasteiger partial charge in [-0.3, -0.25) is 0 Å². The molecule has 1 saturated heterocycles. The number of esters is 1. The molecule has 0 bridgehead atoms. The van der Waals surface area contributed by atoms with Gasteiger partial charge in [-0.25, -0.2) is 17.9 Å². The van der Waals surface area contributed by atoms with Crippen LogP contribution in [-0.4, -0.2) is 40.2 Å². The van der Waals surface area contributed by atoms with Crippen molar-refractivity contribution in [1.29, 1.82) is 0 Å². The normalized spacial score (nSPS) is 18.2. The summed E-state index contributed by atoms with van der Waals surface area (Å²) in [7, 11) is -3.84. The number of benzene rings is 1. The van der Waals surface area contributed by atoms with Crippen LogP contribution in [0.15, 0.2) is 35.2 Å². The fraction of sp³-hybridized carbons (Fsp3) is 0.438.